The summed E-state index contributed by atoms with van der Waals surface area (Å²) in [5, 5.41) is 0. The standard InChI is InChI=1S/C30H28BrN3O4S/c1-6-38-29(36)26-18(3)32-30-34(27(26)23-9-7-8-10-24(23)37-5)28(35)25(39-30)16-20-15-17(2)33(19(20)4)22-13-11-21(31)12-14-22/h7-16,27H,6H2,1-5H3/b25-16+/t27-/m0/s1. The fraction of sp³-hybridized carbons (Fsp3) is 0.233. The van der Waals surface area contributed by atoms with E-state index in [1.54, 1.807) is 25.5 Å². The maximum atomic E-state index is 14.0. The Balaban J connectivity index is 1.71. The van der Waals surface area contributed by atoms with Crippen LogP contribution in [0.15, 0.2) is 80.1 Å². The number of ether oxygens (including phenoxy) is 2. The maximum absolute atomic E-state index is 14.0. The van der Waals surface area contributed by atoms with E-state index < -0.39 is 12.0 Å². The molecule has 0 N–H and O–H groups in total. The Kier molecular flexibility index (Phi) is 7.46. The summed E-state index contributed by atoms with van der Waals surface area (Å²) in [5.41, 5.74) is 5.37. The van der Waals surface area contributed by atoms with Gasteiger partial charge in [-0.2, -0.15) is 0 Å². The van der Waals surface area contributed by atoms with Crippen LogP contribution in [0.25, 0.3) is 11.8 Å². The summed E-state index contributed by atoms with van der Waals surface area (Å²) in [6, 6.07) is 16.9. The first-order chi connectivity index (χ1) is 18.7. The third kappa shape index (κ3) is 4.81. The third-order valence-electron chi connectivity index (χ3n) is 6.79. The van der Waals surface area contributed by atoms with Crippen LogP contribution in [0.2, 0.25) is 0 Å². The topological polar surface area (TPSA) is 74.8 Å². The number of hydrogen-bond acceptors (Lipinski definition) is 6. The number of hydrogen-bond donors (Lipinski definition) is 0. The molecule has 0 spiro atoms. The number of carbonyl (C=O) groups excluding carboxylic acids is 1. The number of para-hydroxylation sites is 1. The number of fused-ring (bicyclic) bond motifs is 1. The molecule has 0 radical (unpaired) electrons. The van der Waals surface area contributed by atoms with Gasteiger partial charge in [-0.1, -0.05) is 45.5 Å². The van der Waals surface area contributed by atoms with E-state index in [-0.39, 0.29) is 12.2 Å². The van der Waals surface area contributed by atoms with Crippen LogP contribution in [0.5, 0.6) is 5.75 Å². The van der Waals surface area contributed by atoms with Crippen molar-refractivity contribution in [2.75, 3.05) is 13.7 Å². The second kappa shape index (κ2) is 10.8. The number of benzene rings is 2. The van der Waals surface area contributed by atoms with E-state index in [0.29, 0.717) is 31.9 Å². The van der Waals surface area contributed by atoms with Crippen LogP contribution < -0.4 is 19.6 Å². The van der Waals surface area contributed by atoms with Crippen LogP contribution in [0.4, 0.5) is 0 Å². The van der Waals surface area contributed by atoms with Gasteiger partial charge in [-0.05, 0) is 75.7 Å². The van der Waals surface area contributed by atoms with Crippen molar-refractivity contribution in [3.63, 3.8) is 0 Å². The van der Waals surface area contributed by atoms with Gasteiger partial charge < -0.3 is 14.0 Å². The van der Waals surface area contributed by atoms with Gasteiger partial charge in [0.15, 0.2) is 4.80 Å². The third-order valence-corrected chi connectivity index (χ3v) is 8.30. The molecule has 5 rings (SSSR count). The summed E-state index contributed by atoms with van der Waals surface area (Å²) in [6.45, 7) is 7.83. The number of aromatic nitrogens is 2. The van der Waals surface area contributed by atoms with E-state index in [2.05, 4.69) is 43.7 Å². The van der Waals surface area contributed by atoms with Crippen molar-refractivity contribution >= 4 is 39.3 Å². The smallest absolute Gasteiger partial charge is 0.338 e. The Morgan fingerprint density at radius 3 is 2.54 bits per heavy atom. The van der Waals surface area contributed by atoms with Gasteiger partial charge in [0.1, 0.15) is 11.8 Å². The molecule has 0 bridgehead atoms. The summed E-state index contributed by atoms with van der Waals surface area (Å²) in [6.07, 6.45) is 1.91. The van der Waals surface area contributed by atoms with Crippen LogP contribution in [0, 0.1) is 13.8 Å². The van der Waals surface area contributed by atoms with Gasteiger partial charge in [-0.25, -0.2) is 9.79 Å². The molecule has 0 aliphatic carbocycles. The first-order valence-electron chi connectivity index (χ1n) is 12.5. The number of allylic oxidation sites excluding steroid dienone is 1. The molecular formula is C30H28BrN3O4S. The zero-order valence-corrected chi connectivity index (χ0v) is 24.7. The van der Waals surface area contributed by atoms with Crippen LogP contribution in [0.1, 0.15) is 42.4 Å². The molecule has 4 aromatic rings. The van der Waals surface area contributed by atoms with Crippen LogP contribution in [-0.4, -0.2) is 28.8 Å². The van der Waals surface area contributed by atoms with E-state index in [0.717, 1.165) is 27.1 Å². The highest BCUT2D eigenvalue weighted by atomic mass is 79.9. The normalized spacial score (nSPS) is 15.2. The minimum absolute atomic E-state index is 0.215. The lowest BCUT2D eigenvalue weighted by Crippen LogP contribution is -2.40. The molecule has 0 saturated carbocycles. The zero-order chi connectivity index (χ0) is 27.8. The predicted molar refractivity (Wildman–Crippen MR) is 156 cm³/mol. The summed E-state index contributed by atoms with van der Waals surface area (Å²) < 4.78 is 16.3. The predicted octanol–water partition coefficient (Wildman–Crippen LogP) is 4.98. The van der Waals surface area contributed by atoms with E-state index in [1.807, 2.05) is 56.3 Å². The van der Waals surface area contributed by atoms with E-state index in [4.69, 9.17) is 9.47 Å². The quantitative estimate of drug-likeness (QED) is 0.291. The Morgan fingerprint density at radius 2 is 1.85 bits per heavy atom. The van der Waals surface area contributed by atoms with Crippen LogP contribution in [0.3, 0.4) is 0 Å². The van der Waals surface area contributed by atoms with Crippen molar-refractivity contribution in [3.05, 3.63) is 113 Å². The van der Waals surface area contributed by atoms with Gasteiger partial charge in [0.05, 0.1) is 29.5 Å². The fourth-order valence-electron chi connectivity index (χ4n) is 5.04. The molecule has 9 heteroatoms. The molecule has 1 atom stereocenters. The molecule has 0 amide bonds. The highest BCUT2D eigenvalue weighted by Crippen LogP contribution is 2.35. The molecule has 3 heterocycles. The average Bonchev–Trinajstić information content (AvgIpc) is 3.37. The van der Waals surface area contributed by atoms with Crippen LogP contribution >= 0.6 is 27.3 Å². The summed E-state index contributed by atoms with van der Waals surface area (Å²) >= 11 is 4.80. The van der Waals surface area contributed by atoms with Gasteiger partial charge in [0.2, 0.25) is 0 Å². The number of carbonyl (C=O) groups is 1. The molecular weight excluding hydrogens is 578 g/mol. The number of rotatable bonds is 6. The van der Waals surface area contributed by atoms with Gasteiger partial charge in [-0.3, -0.25) is 9.36 Å². The monoisotopic (exact) mass is 605 g/mol. The lowest BCUT2D eigenvalue weighted by Gasteiger charge is -2.25. The van der Waals surface area contributed by atoms with Crippen molar-refractivity contribution < 1.29 is 14.3 Å². The van der Waals surface area contributed by atoms with Crippen molar-refractivity contribution in [1.29, 1.82) is 0 Å². The van der Waals surface area contributed by atoms with Crippen molar-refractivity contribution in [2.24, 2.45) is 4.99 Å². The minimum atomic E-state index is -0.728. The molecule has 200 valence electrons. The molecule has 0 unspecified atom stereocenters. The first-order valence-corrected chi connectivity index (χ1v) is 14.1. The molecule has 39 heavy (non-hydrogen) atoms. The zero-order valence-electron chi connectivity index (χ0n) is 22.3. The van der Waals surface area contributed by atoms with E-state index in [9.17, 15) is 9.59 Å². The Labute approximate surface area is 238 Å². The lowest BCUT2D eigenvalue weighted by molar-refractivity contribution is -0.139. The number of esters is 1. The van der Waals surface area contributed by atoms with E-state index >= 15 is 0 Å². The molecule has 1 aliphatic rings. The molecule has 1 aliphatic heterocycles. The minimum Gasteiger partial charge on any atom is -0.496 e. The van der Waals surface area contributed by atoms with E-state index in [1.165, 1.54) is 11.3 Å². The lowest BCUT2D eigenvalue weighted by atomic mass is 9.95. The number of thiazole rings is 1. The Hall–Kier alpha value is -3.69. The largest absolute Gasteiger partial charge is 0.496 e. The molecule has 7 nitrogen and oxygen atoms in total. The SMILES string of the molecule is CCOC(=O)C1=C(C)N=c2s/c(=C/c3cc(C)n(-c4ccc(Br)cc4)c3C)c(=O)n2[C@H]1c1ccccc1OC. The molecule has 0 fully saturated rings. The second-order valence-electron chi connectivity index (χ2n) is 9.18. The number of halogens is 1. The second-order valence-corrected chi connectivity index (χ2v) is 11.1. The fourth-order valence-corrected chi connectivity index (χ4v) is 6.34. The first kappa shape index (κ1) is 26.9. The van der Waals surface area contributed by atoms with Gasteiger partial charge in [-0.15, -0.1) is 0 Å². The van der Waals surface area contributed by atoms with Crippen molar-refractivity contribution in [3.8, 4) is 11.4 Å². The number of methoxy groups -OCH3 is 1. The van der Waals surface area contributed by atoms with Crippen molar-refractivity contribution in [1.82, 2.24) is 9.13 Å². The summed E-state index contributed by atoms with van der Waals surface area (Å²) in [5.74, 6) is 0.0774. The number of nitrogens with zero attached hydrogens (tertiary/aromatic N) is 3. The highest BCUT2D eigenvalue weighted by molar-refractivity contribution is 9.10. The summed E-state index contributed by atoms with van der Waals surface area (Å²) in [7, 11) is 1.57. The average molecular weight is 607 g/mol. The van der Waals surface area contributed by atoms with Gasteiger partial charge in [0.25, 0.3) is 5.56 Å². The van der Waals surface area contributed by atoms with Crippen molar-refractivity contribution in [2.45, 2.75) is 33.7 Å². The molecule has 2 aromatic carbocycles. The Bertz CT molecular complexity index is 1790. The number of aryl methyl sites for hydroxylation is 1. The Morgan fingerprint density at radius 1 is 1.13 bits per heavy atom. The molecule has 0 saturated heterocycles. The summed E-state index contributed by atoms with van der Waals surface area (Å²) in [4.78, 5) is 32.3. The maximum Gasteiger partial charge on any atom is 0.338 e. The molecule has 2 aromatic heterocycles. The van der Waals surface area contributed by atoms with Crippen LogP contribution in [-0.2, 0) is 9.53 Å². The van der Waals surface area contributed by atoms with Gasteiger partial charge >= 0.3 is 5.97 Å². The highest BCUT2D eigenvalue weighted by Gasteiger charge is 2.35. The van der Waals surface area contributed by atoms with Gasteiger partial charge in [0, 0.05) is 27.1 Å².